The summed E-state index contributed by atoms with van der Waals surface area (Å²) in [6, 6.07) is 1.91. The van der Waals surface area contributed by atoms with Crippen LogP contribution in [0.15, 0.2) is 23.6 Å². The van der Waals surface area contributed by atoms with Crippen molar-refractivity contribution in [1.82, 2.24) is 9.61 Å². The van der Waals surface area contributed by atoms with Gasteiger partial charge in [-0.15, -0.1) is 0 Å². The third kappa shape index (κ3) is 1.54. The van der Waals surface area contributed by atoms with Gasteiger partial charge in [0.15, 0.2) is 0 Å². The van der Waals surface area contributed by atoms with Gasteiger partial charge in [-0.1, -0.05) is 10.6 Å². The number of nitrogens with zero attached hydrogens (tertiary/aromatic N) is 3. The first kappa shape index (κ1) is 9.58. The van der Waals surface area contributed by atoms with Crippen LogP contribution in [0.5, 0.6) is 5.75 Å². The van der Waals surface area contributed by atoms with Crippen LogP contribution < -0.4 is 10.2 Å². The average molecular weight is 203 g/mol. The zero-order chi connectivity index (χ0) is 10.8. The van der Waals surface area contributed by atoms with Crippen LogP contribution >= 0.6 is 0 Å². The lowest BCUT2D eigenvalue weighted by Gasteiger charge is -2.04. The number of oxime groups is 1. The molecule has 15 heavy (non-hydrogen) atoms. The summed E-state index contributed by atoms with van der Waals surface area (Å²) in [6.07, 6.45) is 4.84. The molecule has 0 bridgehead atoms. The topological polar surface area (TPSA) is 59.1 Å². The monoisotopic (exact) mass is 203 g/mol. The Labute approximate surface area is 87.4 Å². The van der Waals surface area contributed by atoms with Crippen molar-refractivity contribution >= 4 is 25.0 Å². The lowest BCUT2D eigenvalue weighted by molar-refractivity contribution is 0.322. The molecule has 6 heteroatoms. The molecule has 1 N–H and O–H groups in total. The van der Waals surface area contributed by atoms with E-state index >= 15 is 0 Å². The summed E-state index contributed by atoms with van der Waals surface area (Å²) in [5.74, 6) is 0.711. The molecule has 0 unspecified atom stereocenters. The molecule has 2 aromatic rings. The van der Waals surface area contributed by atoms with Gasteiger partial charge < -0.3 is 9.94 Å². The van der Waals surface area contributed by atoms with Crippen LogP contribution in [-0.4, -0.2) is 36.0 Å². The van der Waals surface area contributed by atoms with E-state index in [1.165, 1.54) is 6.21 Å². The van der Waals surface area contributed by atoms with E-state index in [9.17, 15) is 0 Å². The second-order valence-electron chi connectivity index (χ2n) is 3.22. The minimum absolute atomic E-state index is 0.711. The minimum Gasteiger partial charge on any atom is -0.494 e. The maximum absolute atomic E-state index is 8.51. The summed E-state index contributed by atoms with van der Waals surface area (Å²) in [5, 5.41) is 15.6. The van der Waals surface area contributed by atoms with Crippen molar-refractivity contribution in [1.29, 1.82) is 0 Å². The van der Waals surface area contributed by atoms with Crippen molar-refractivity contribution in [3.05, 3.63) is 24.0 Å². The molecular formula is C9H10BN3O2. The molecule has 76 valence electrons. The van der Waals surface area contributed by atoms with Gasteiger partial charge >= 0.3 is 0 Å². The van der Waals surface area contributed by atoms with Crippen LogP contribution in [0.1, 0.15) is 5.56 Å². The number of aromatic nitrogens is 2. The summed E-state index contributed by atoms with van der Waals surface area (Å²) in [7, 11) is 3.56. The normalized spacial score (nSPS) is 11.3. The van der Waals surface area contributed by atoms with E-state index in [2.05, 4.69) is 10.3 Å². The molecule has 0 aromatic carbocycles. The highest BCUT2D eigenvalue weighted by Crippen LogP contribution is 2.20. The lowest BCUT2D eigenvalue weighted by atomic mass is 9.98. The van der Waals surface area contributed by atoms with Crippen LogP contribution in [0.3, 0.4) is 0 Å². The lowest BCUT2D eigenvalue weighted by Crippen LogP contribution is -2.07. The third-order valence-corrected chi connectivity index (χ3v) is 2.16. The Hall–Kier alpha value is -1.98. The van der Waals surface area contributed by atoms with Gasteiger partial charge in [-0.3, -0.25) is 0 Å². The predicted molar refractivity (Wildman–Crippen MR) is 59.3 cm³/mol. The Kier molecular flexibility index (Phi) is 2.33. The molecule has 2 aromatic heterocycles. The number of methoxy groups -OCH3 is 1. The Morgan fingerprint density at radius 2 is 2.47 bits per heavy atom. The largest absolute Gasteiger partial charge is 0.494 e. The minimum atomic E-state index is 0.711. The number of rotatable bonds is 2. The Bertz CT molecular complexity index is 521. The third-order valence-electron chi connectivity index (χ3n) is 2.16. The summed E-state index contributed by atoms with van der Waals surface area (Å²) < 4.78 is 6.95. The van der Waals surface area contributed by atoms with Gasteiger partial charge in [0.2, 0.25) is 0 Å². The molecule has 2 rings (SSSR count). The fourth-order valence-corrected chi connectivity index (χ4v) is 1.55. The molecule has 0 saturated heterocycles. The van der Waals surface area contributed by atoms with Crippen molar-refractivity contribution < 1.29 is 9.94 Å². The maximum atomic E-state index is 8.51. The van der Waals surface area contributed by atoms with Gasteiger partial charge in [0.05, 0.1) is 19.5 Å². The highest BCUT2D eigenvalue weighted by Gasteiger charge is 2.08. The zero-order valence-corrected chi connectivity index (χ0v) is 8.51. The summed E-state index contributed by atoms with van der Waals surface area (Å²) in [6.45, 7) is 0. The number of ether oxygens (including phenoxy) is 1. The second kappa shape index (κ2) is 3.64. The second-order valence-corrected chi connectivity index (χ2v) is 3.22. The predicted octanol–water partition coefficient (Wildman–Crippen LogP) is -0.591. The number of pyridine rings is 1. The van der Waals surface area contributed by atoms with Gasteiger partial charge in [0.1, 0.15) is 19.1 Å². The molecule has 0 saturated carbocycles. The van der Waals surface area contributed by atoms with Crippen LogP contribution in [0.4, 0.5) is 0 Å². The van der Waals surface area contributed by atoms with E-state index in [0.717, 1.165) is 11.0 Å². The molecule has 0 amide bonds. The van der Waals surface area contributed by atoms with Crippen molar-refractivity contribution in [2.24, 2.45) is 5.16 Å². The van der Waals surface area contributed by atoms with E-state index in [1.807, 2.05) is 20.1 Å². The van der Waals surface area contributed by atoms with E-state index < -0.39 is 0 Å². The fraction of sp³-hybridized carbons (Fsp3) is 0.111. The highest BCUT2D eigenvalue weighted by atomic mass is 16.5. The Morgan fingerprint density at radius 3 is 3.13 bits per heavy atom. The van der Waals surface area contributed by atoms with Crippen molar-refractivity contribution in [3.63, 3.8) is 0 Å². The van der Waals surface area contributed by atoms with Gasteiger partial charge in [-0.25, -0.2) is 4.52 Å². The van der Waals surface area contributed by atoms with Crippen molar-refractivity contribution in [3.8, 4) is 5.75 Å². The van der Waals surface area contributed by atoms with Crippen molar-refractivity contribution in [2.75, 3.05) is 7.11 Å². The molecule has 0 aliphatic heterocycles. The van der Waals surface area contributed by atoms with Crippen LogP contribution in [0.25, 0.3) is 5.52 Å². The first-order chi connectivity index (χ1) is 7.26. The number of hydrogen-bond donors (Lipinski definition) is 1. The Balaban J connectivity index is 2.77. The molecule has 0 aliphatic rings. The summed E-state index contributed by atoms with van der Waals surface area (Å²) in [5.41, 5.74) is 2.56. The van der Waals surface area contributed by atoms with Crippen LogP contribution in [0, 0.1) is 0 Å². The SMILES string of the molecule is Bc1cc(OC)c2c(/C=N/O)cnn2c1. The van der Waals surface area contributed by atoms with Gasteiger partial charge in [-0.05, 0) is 6.07 Å². The van der Waals surface area contributed by atoms with E-state index in [4.69, 9.17) is 9.94 Å². The van der Waals surface area contributed by atoms with Crippen LogP contribution in [0.2, 0.25) is 0 Å². The standard InChI is InChI=1S/C9H10BN3O2/c1-15-8-2-7(10)5-13-9(8)6(3-11-13)4-12-14/h2-5,14H,10H2,1H3/b12-4+. The molecular weight excluding hydrogens is 193 g/mol. The maximum Gasteiger partial charge on any atom is 0.144 e. The number of hydrogen-bond acceptors (Lipinski definition) is 4. The average Bonchev–Trinajstić information content (AvgIpc) is 2.61. The molecule has 0 radical (unpaired) electrons. The summed E-state index contributed by atoms with van der Waals surface area (Å²) >= 11 is 0. The smallest absolute Gasteiger partial charge is 0.144 e. The first-order valence-corrected chi connectivity index (χ1v) is 4.45. The van der Waals surface area contributed by atoms with E-state index in [1.54, 1.807) is 17.8 Å². The molecule has 0 spiro atoms. The zero-order valence-electron chi connectivity index (χ0n) is 8.51. The number of fused-ring (bicyclic) bond motifs is 1. The van der Waals surface area contributed by atoms with Gasteiger partial charge in [0, 0.05) is 11.8 Å². The molecule has 2 heterocycles. The van der Waals surface area contributed by atoms with E-state index in [0.29, 0.717) is 11.3 Å². The van der Waals surface area contributed by atoms with E-state index in [-0.39, 0.29) is 0 Å². The molecule has 0 aliphatic carbocycles. The quantitative estimate of drug-likeness (QED) is 0.307. The molecule has 5 nitrogen and oxygen atoms in total. The van der Waals surface area contributed by atoms with Crippen molar-refractivity contribution in [2.45, 2.75) is 0 Å². The summed E-state index contributed by atoms with van der Waals surface area (Å²) in [4.78, 5) is 0. The molecule has 0 fully saturated rings. The highest BCUT2D eigenvalue weighted by molar-refractivity contribution is 6.32. The van der Waals surface area contributed by atoms with Crippen LogP contribution in [-0.2, 0) is 0 Å². The fourth-order valence-electron chi connectivity index (χ4n) is 1.55. The molecule has 0 atom stereocenters. The first-order valence-electron chi connectivity index (χ1n) is 4.45. The Morgan fingerprint density at radius 1 is 1.67 bits per heavy atom. The van der Waals surface area contributed by atoms with Gasteiger partial charge in [-0.2, -0.15) is 5.10 Å². The van der Waals surface area contributed by atoms with Gasteiger partial charge in [0.25, 0.3) is 0 Å².